The van der Waals surface area contributed by atoms with Gasteiger partial charge in [-0.1, -0.05) is 6.92 Å². The van der Waals surface area contributed by atoms with Gasteiger partial charge in [0.25, 0.3) is 0 Å². The van der Waals surface area contributed by atoms with E-state index < -0.39 is 5.97 Å². The molecule has 1 aromatic heterocycles. The summed E-state index contributed by atoms with van der Waals surface area (Å²) < 4.78 is 1.98. The highest BCUT2D eigenvalue weighted by Gasteiger charge is 2.13. The Kier molecular flexibility index (Phi) is 2.88. The number of aromatic nitrogens is 2. The fourth-order valence-electron chi connectivity index (χ4n) is 2.08. The average Bonchev–Trinajstić information content (AvgIpc) is 2.58. The zero-order valence-electron chi connectivity index (χ0n) is 10.3. The molecule has 0 aliphatic heterocycles. The van der Waals surface area contributed by atoms with E-state index in [1.54, 1.807) is 12.1 Å². The van der Waals surface area contributed by atoms with Crippen LogP contribution in [0.1, 0.15) is 35.1 Å². The van der Waals surface area contributed by atoms with Crippen molar-refractivity contribution in [2.45, 2.75) is 26.7 Å². The first-order valence-electron chi connectivity index (χ1n) is 5.73. The molecule has 2 rings (SSSR count). The Hall–Kier alpha value is -1.84. The summed E-state index contributed by atoms with van der Waals surface area (Å²) in [7, 11) is 1.94. The summed E-state index contributed by atoms with van der Waals surface area (Å²) in [6, 6.07) is 3.37. The normalized spacial score (nSPS) is 11.0. The zero-order valence-corrected chi connectivity index (χ0v) is 10.3. The van der Waals surface area contributed by atoms with Crippen LogP contribution < -0.4 is 0 Å². The second-order valence-corrected chi connectivity index (χ2v) is 4.30. The number of hydrogen-bond acceptors (Lipinski definition) is 2. The Morgan fingerprint density at radius 3 is 2.76 bits per heavy atom. The maximum absolute atomic E-state index is 11.0. The van der Waals surface area contributed by atoms with Crippen LogP contribution in [0.2, 0.25) is 0 Å². The van der Waals surface area contributed by atoms with E-state index in [1.165, 1.54) is 0 Å². The average molecular weight is 232 g/mol. The molecule has 0 spiro atoms. The van der Waals surface area contributed by atoms with Crippen molar-refractivity contribution in [1.82, 2.24) is 9.55 Å². The van der Waals surface area contributed by atoms with E-state index in [1.807, 2.05) is 18.5 Å². The molecule has 0 aliphatic carbocycles. The van der Waals surface area contributed by atoms with Crippen LogP contribution in [0.15, 0.2) is 12.1 Å². The molecule has 1 N–H and O–H groups in total. The number of aromatic carboxylic acids is 1. The fraction of sp³-hybridized carbons (Fsp3) is 0.385. The summed E-state index contributed by atoms with van der Waals surface area (Å²) in [5.41, 5.74) is 3.03. The minimum atomic E-state index is -0.895. The monoisotopic (exact) mass is 232 g/mol. The van der Waals surface area contributed by atoms with Gasteiger partial charge in [0.1, 0.15) is 5.82 Å². The molecule has 4 heteroatoms. The number of carboxylic acids is 1. The summed E-state index contributed by atoms with van der Waals surface area (Å²) in [6.07, 6.45) is 1.94. The lowest BCUT2D eigenvalue weighted by atomic mass is 10.1. The molecule has 1 aromatic carbocycles. The van der Waals surface area contributed by atoms with Crippen LogP contribution >= 0.6 is 0 Å². The largest absolute Gasteiger partial charge is 0.478 e. The number of carbonyl (C=O) groups is 1. The lowest BCUT2D eigenvalue weighted by Crippen LogP contribution is -1.99. The van der Waals surface area contributed by atoms with Crippen molar-refractivity contribution in [3.63, 3.8) is 0 Å². The third kappa shape index (κ3) is 1.90. The van der Waals surface area contributed by atoms with Crippen molar-refractivity contribution in [1.29, 1.82) is 0 Å². The molecular formula is C13H16N2O2. The van der Waals surface area contributed by atoms with E-state index in [0.717, 1.165) is 35.3 Å². The predicted molar refractivity (Wildman–Crippen MR) is 66.4 cm³/mol. The van der Waals surface area contributed by atoms with Crippen LogP contribution in [0.25, 0.3) is 11.0 Å². The molecule has 4 nitrogen and oxygen atoms in total. The van der Waals surface area contributed by atoms with Crippen molar-refractivity contribution in [3.8, 4) is 0 Å². The fourth-order valence-corrected chi connectivity index (χ4v) is 2.08. The van der Waals surface area contributed by atoms with Gasteiger partial charge in [0.05, 0.1) is 16.6 Å². The number of benzene rings is 1. The van der Waals surface area contributed by atoms with Gasteiger partial charge in [-0.25, -0.2) is 9.78 Å². The van der Waals surface area contributed by atoms with Crippen molar-refractivity contribution < 1.29 is 9.90 Å². The van der Waals surface area contributed by atoms with E-state index in [4.69, 9.17) is 5.11 Å². The standard InChI is InChI=1S/C13H16N2O2/c1-4-5-11-14-12-8(2)6-9(13(16)17)7-10(12)15(11)3/h6-7H,4-5H2,1-3H3,(H,16,17). The van der Waals surface area contributed by atoms with Crippen LogP contribution in [0.3, 0.4) is 0 Å². The zero-order chi connectivity index (χ0) is 12.6. The van der Waals surface area contributed by atoms with Gasteiger partial charge in [-0.2, -0.15) is 0 Å². The second-order valence-electron chi connectivity index (χ2n) is 4.30. The molecule has 0 bridgehead atoms. The molecule has 0 saturated heterocycles. The molecule has 0 atom stereocenters. The highest BCUT2D eigenvalue weighted by Crippen LogP contribution is 2.21. The second kappa shape index (κ2) is 4.20. The van der Waals surface area contributed by atoms with Crippen LogP contribution in [-0.4, -0.2) is 20.6 Å². The first-order chi connectivity index (χ1) is 8.04. The number of rotatable bonds is 3. The Bertz CT molecular complexity index is 585. The quantitative estimate of drug-likeness (QED) is 0.884. The molecule has 1 heterocycles. The van der Waals surface area contributed by atoms with Gasteiger partial charge < -0.3 is 9.67 Å². The van der Waals surface area contributed by atoms with Gasteiger partial charge >= 0.3 is 5.97 Å². The molecule has 2 aromatic rings. The van der Waals surface area contributed by atoms with E-state index in [-0.39, 0.29) is 0 Å². The van der Waals surface area contributed by atoms with Gasteiger partial charge in [0.15, 0.2) is 0 Å². The first kappa shape index (κ1) is 11.6. The van der Waals surface area contributed by atoms with Crippen molar-refractivity contribution in [2.24, 2.45) is 7.05 Å². The topological polar surface area (TPSA) is 55.1 Å². The summed E-state index contributed by atoms with van der Waals surface area (Å²) in [6.45, 7) is 4.01. The maximum Gasteiger partial charge on any atom is 0.335 e. The Morgan fingerprint density at radius 1 is 1.47 bits per heavy atom. The van der Waals surface area contributed by atoms with Crippen LogP contribution in [-0.2, 0) is 13.5 Å². The third-order valence-electron chi connectivity index (χ3n) is 2.99. The van der Waals surface area contributed by atoms with Gasteiger partial charge in [0, 0.05) is 13.5 Å². The lowest BCUT2D eigenvalue weighted by molar-refractivity contribution is 0.0697. The van der Waals surface area contributed by atoms with Crippen LogP contribution in [0.5, 0.6) is 0 Å². The molecule has 0 fully saturated rings. The molecule has 90 valence electrons. The molecule has 0 amide bonds. The van der Waals surface area contributed by atoms with Crippen LogP contribution in [0.4, 0.5) is 0 Å². The van der Waals surface area contributed by atoms with Crippen molar-refractivity contribution in [3.05, 3.63) is 29.1 Å². The van der Waals surface area contributed by atoms with Gasteiger partial charge in [0.2, 0.25) is 0 Å². The minimum absolute atomic E-state index is 0.320. The summed E-state index contributed by atoms with van der Waals surface area (Å²) >= 11 is 0. The Morgan fingerprint density at radius 2 is 2.18 bits per heavy atom. The summed E-state index contributed by atoms with van der Waals surface area (Å²) in [4.78, 5) is 15.6. The van der Waals surface area contributed by atoms with Crippen LogP contribution in [0, 0.1) is 6.92 Å². The number of carboxylic acid groups (broad SMARTS) is 1. The molecule has 0 radical (unpaired) electrons. The third-order valence-corrected chi connectivity index (χ3v) is 2.99. The first-order valence-corrected chi connectivity index (χ1v) is 5.73. The van der Waals surface area contributed by atoms with Crippen molar-refractivity contribution >= 4 is 17.0 Å². The van der Waals surface area contributed by atoms with Gasteiger partial charge in [-0.3, -0.25) is 0 Å². The lowest BCUT2D eigenvalue weighted by Gasteiger charge is -2.02. The summed E-state index contributed by atoms with van der Waals surface area (Å²) in [5, 5.41) is 9.04. The number of nitrogens with zero attached hydrogens (tertiary/aromatic N) is 2. The molecule has 17 heavy (non-hydrogen) atoms. The number of hydrogen-bond donors (Lipinski definition) is 1. The van der Waals surface area contributed by atoms with Crippen molar-refractivity contribution in [2.75, 3.05) is 0 Å². The van der Waals surface area contributed by atoms with E-state index >= 15 is 0 Å². The molecule has 0 aliphatic rings. The molecule has 0 unspecified atom stereocenters. The SMILES string of the molecule is CCCc1nc2c(C)cc(C(=O)O)cc2n1C. The summed E-state index contributed by atoms with van der Waals surface area (Å²) in [5.74, 6) is 0.112. The van der Waals surface area contributed by atoms with Gasteiger partial charge in [-0.05, 0) is 31.0 Å². The van der Waals surface area contributed by atoms with E-state index in [9.17, 15) is 4.79 Å². The minimum Gasteiger partial charge on any atom is -0.478 e. The Labute approximate surface area is 99.9 Å². The van der Waals surface area contributed by atoms with Gasteiger partial charge in [-0.15, -0.1) is 0 Å². The maximum atomic E-state index is 11.0. The van der Waals surface area contributed by atoms with E-state index in [2.05, 4.69) is 11.9 Å². The predicted octanol–water partition coefficient (Wildman–Crippen LogP) is 2.53. The molecular weight excluding hydrogens is 216 g/mol. The highest BCUT2D eigenvalue weighted by atomic mass is 16.4. The smallest absolute Gasteiger partial charge is 0.335 e. The highest BCUT2D eigenvalue weighted by molar-refractivity contribution is 5.93. The number of fused-ring (bicyclic) bond motifs is 1. The number of aryl methyl sites for hydroxylation is 3. The molecule has 0 saturated carbocycles. The van der Waals surface area contributed by atoms with E-state index in [0.29, 0.717) is 5.56 Å². The number of imidazole rings is 1. The Balaban J connectivity index is 2.70.